The van der Waals surface area contributed by atoms with Gasteiger partial charge in [0.2, 0.25) is 11.8 Å². The van der Waals surface area contributed by atoms with Gasteiger partial charge in [0.15, 0.2) is 12.6 Å². The first-order valence-electron chi connectivity index (χ1n) is 25.8. The summed E-state index contributed by atoms with van der Waals surface area (Å²) in [6.45, 7) is -2.68. The number of unbranched alkanes of at least 4 members (excludes halogenated alkanes) is 9. The van der Waals surface area contributed by atoms with Gasteiger partial charge in [0.05, 0.1) is 26.4 Å². The summed E-state index contributed by atoms with van der Waals surface area (Å²) in [6.07, 6.45) is -17.1. The standard InChI is InChI=1S/C50H76N2O22S2/c53-21-29-35(59)37(61)41(65)47(69-29)73-45-31(23-55)71-49(43(67)39(45)63)75-27-17-13-25(14-18-27)51-33(57)11-9-7-5-3-1-2-4-6-8-10-12-34(58)52-26-15-19-28(20-16-26)76-50-44(68)40(64)46(32(24-56)72-50)74-48-42(66)38(62)36(60)30(22-54)70-48/h13-20,29-32,35-50,53-56,59-68H,1-12,21-24H2,(H,51,57)(H,52,58)/t29-,30-,31-,32-,35-,36-,37+,38+,39-,40-,41-,42-,43-,44-,45-,46-,47-,48-,49+,50+/m1/s1. The smallest absolute Gasteiger partial charge is 0.224 e. The van der Waals surface area contributed by atoms with Crippen molar-refractivity contribution in [2.24, 2.45) is 0 Å². The number of carbonyl (C=O) groups is 2. The van der Waals surface area contributed by atoms with Gasteiger partial charge in [-0.25, -0.2) is 0 Å². The number of benzene rings is 2. The number of ether oxygens (including phenoxy) is 6. The van der Waals surface area contributed by atoms with Crippen LogP contribution in [0.3, 0.4) is 0 Å². The lowest BCUT2D eigenvalue weighted by molar-refractivity contribution is -0.338. The van der Waals surface area contributed by atoms with E-state index in [0.717, 1.165) is 87.7 Å². The Morgan fingerprint density at radius 3 is 1.03 bits per heavy atom. The Labute approximate surface area is 448 Å². The average molecular weight is 1120 g/mol. The van der Waals surface area contributed by atoms with Crippen molar-refractivity contribution in [1.29, 1.82) is 0 Å². The molecule has 0 unspecified atom stereocenters. The number of nitrogens with one attached hydrogen (secondary N) is 2. The number of aliphatic hydroxyl groups excluding tert-OH is 14. The van der Waals surface area contributed by atoms with Crippen molar-refractivity contribution < 1.29 is 110 Å². The lowest BCUT2D eigenvalue weighted by atomic mass is 9.97. The molecule has 0 aromatic heterocycles. The first-order chi connectivity index (χ1) is 36.5. The van der Waals surface area contributed by atoms with Crippen molar-refractivity contribution in [3.63, 3.8) is 0 Å². The van der Waals surface area contributed by atoms with Gasteiger partial charge in [0.1, 0.15) is 109 Å². The van der Waals surface area contributed by atoms with Crippen LogP contribution in [0.25, 0.3) is 0 Å². The van der Waals surface area contributed by atoms with E-state index in [1.807, 2.05) is 0 Å². The summed E-state index contributed by atoms with van der Waals surface area (Å²) in [5.41, 5.74) is -0.947. The van der Waals surface area contributed by atoms with E-state index >= 15 is 0 Å². The summed E-state index contributed by atoms with van der Waals surface area (Å²) in [5, 5.41) is 149. The molecule has 0 radical (unpaired) electrons. The van der Waals surface area contributed by atoms with E-state index in [-0.39, 0.29) is 11.8 Å². The third-order valence-electron chi connectivity index (χ3n) is 13.8. The number of thioether (sulfide) groups is 2. The minimum atomic E-state index is -1.76. The molecule has 20 atom stereocenters. The molecule has 0 aliphatic carbocycles. The van der Waals surface area contributed by atoms with Gasteiger partial charge < -0.3 is 111 Å². The second kappa shape index (κ2) is 30.8. The molecule has 6 rings (SSSR count). The van der Waals surface area contributed by atoms with Gasteiger partial charge in [-0.1, -0.05) is 74.9 Å². The molecule has 2 amide bonds. The number of hydrogen-bond acceptors (Lipinski definition) is 24. The van der Waals surface area contributed by atoms with Gasteiger partial charge in [0, 0.05) is 34.0 Å². The monoisotopic (exact) mass is 1120 g/mol. The Balaban J connectivity index is 0.777. The largest absolute Gasteiger partial charge is 0.394 e. The predicted octanol–water partition coefficient (Wildman–Crippen LogP) is -1.62. The van der Waals surface area contributed by atoms with Crippen LogP contribution in [0.1, 0.15) is 77.0 Å². The first-order valence-corrected chi connectivity index (χ1v) is 27.5. The Kier molecular flexibility index (Phi) is 25.3. The van der Waals surface area contributed by atoms with Crippen molar-refractivity contribution in [3.8, 4) is 0 Å². The maximum absolute atomic E-state index is 12.6. The van der Waals surface area contributed by atoms with Crippen molar-refractivity contribution in [2.45, 2.75) is 208 Å². The summed E-state index contributed by atoms with van der Waals surface area (Å²) in [4.78, 5) is 26.5. The van der Waals surface area contributed by atoms with E-state index in [4.69, 9.17) is 28.4 Å². The molecule has 4 aliphatic heterocycles. The summed E-state index contributed by atoms with van der Waals surface area (Å²) in [5.74, 6) is -0.243. The van der Waals surface area contributed by atoms with E-state index in [1.54, 1.807) is 48.5 Å². The number of carbonyl (C=O) groups excluding carboxylic acids is 2. The van der Waals surface area contributed by atoms with Gasteiger partial charge >= 0.3 is 0 Å². The fourth-order valence-corrected chi connectivity index (χ4v) is 11.4. The van der Waals surface area contributed by atoms with Crippen molar-refractivity contribution in [3.05, 3.63) is 48.5 Å². The number of amides is 2. The number of aliphatic hydroxyl groups is 14. The van der Waals surface area contributed by atoms with Crippen LogP contribution >= 0.6 is 23.5 Å². The van der Waals surface area contributed by atoms with Gasteiger partial charge in [-0.2, -0.15) is 0 Å². The minimum absolute atomic E-state index is 0.121. The van der Waals surface area contributed by atoms with Gasteiger partial charge in [-0.3, -0.25) is 9.59 Å². The molecular formula is C50H76N2O22S2. The van der Waals surface area contributed by atoms with Crippen LogP contribution < -0.4 is 10.6 Å². The van der Waals surface area contributed by atoms with Crippen LogP contribution in [0.4, 0.5) is 11.4 Å². The zero-order valence-electron chi connectivity index (χ0n) is 41.8. The lowest BCUT2D eigenvalue weighted by Gasteiger charge is -2.46. The molecule has 76 heavy (non-hydrogen) atoms. The summed E-state index contributed by atoms with van der Waals surface area (Å²) < 4.78 is 33.6. The Morgan fingerprint density at radius 1 is 0.395 bits per heavy atom. The number of hydrogen-bond donors (Lipinski definition) is 16. The SMILES string of the molecule is O=C(CCCCCCCCCCCCC(=O)Nc1ccc(S[C@@H]2O[C@H](CO)[C@@H](O[C@H]3O[C@H](CO)[C@@H](O)[C@H](O)[C@H]3O)[C@H](O)[C@H]2O)cc1)Nc1ccc(S[C@@H]2O[C@H](CO)[C@@H](O[C@H]3O[C@H](CO)[C@@H](O)[C@H](O)[C@H]3O)[C@H](O)[C@H]2O)cc1. The molecule has 24 nitrogen and oxygen atoms in total. The lowest BCUT2D eigenvalue weighted by Crippen LogP contribution is -2.64. The molecule has 4 heterocycles. The van der Waals surface area contributed by atoms with E-state index in [2.05, 4.69) is 10.6 Å². The normalized spacial score (nSPS) is 35.9. The fraction of sp³-hybridized carbons (Fsp3) is 0.720. The van der Waals surface area contributed by atoms with Crippen LogP contribution in [0.2, 0.25) is 0 Å². The van der Waals surface area contributed by atoms with Gasteiger partial charge in [-0.15, -0.1) is 0 Å². The topological polar surface area (TPSA) is 397 Å². The van der Waals surface area contributed by atoms with E-state index in [1.165, 1.54) is 0 Å². The second-order valence-electron chi connectivity index (χ2n) is 19.4. The highest BCUT2D eigenvalue weighted by Gasteiger charge is 2.52. The van der Waals surface area contributed by atoms with E-state index in [0.29, 0.717) is 34.0 Å². The maximum Gasteiger partial charge on any atom is 0.224 e. The fourth-order valence-electron chi connectivity index (χ4n) is 9.24. The average Bonchev–Trinajstić information content (AvgIpc) is 3.41. The highest BCUT2D eigenvalue weighted by molar-refractivity contribution is 8.00. The number of anilines is 2. The van der Waals surface area contributed by atoms with Crippen LogP contribution in [-0.4, -0.2) is 231 Å². The third kappa shape index (κ3) is 16.9. The summed E-state index contributed by atoms with van der Waals surface area (Å²) in [7, 11) is 0. The molecule has 16 N–H and O–H groups in total. The molecular weight excluding hydrogens is 1040 g/mol. The molecule has 4 aliphatic rings. The van der Waals surface area contributed by atoms with E-state index < -0.39 is 148 Å². The number of rotatable bonds is 27. The van der Waals surface area contributed by atoms with Gasteiger partial charge in [0.25, 0.3) is 0 Å². The zero-order chi connectivity index (χ0) is 55.1. The molecule has 430 valence electrons. The highest BCUT2D eigenvalue weighted by atomic mass is 32.2. The van der Waals surface area contributed by atoms with Crippen LogP contribution in [-0.2, 0) is 38.0 Å². The van der Waals surface area contributed by atoms with Crippen LogP contribution in [0, 0.1) is 0 Å². The Morgan fingerprint density at radius 2 is 0.711 bits per heavy atom. The van der Waals surface area contributed by atoms with Gasteiger partial charge in [-0.05, 0) is 61.4 Å². The maximum atomic E-state index is 12.6. The quantitative estimate of drug-likeness (QED) is 0.0447. The molecule has 2 aromatic carbocycles. The van der Waals surface area contributed by atoms with Crippen molar-refractivity contribution in [2.75, 3.05) is 37.1 Å². The minimum Gasteiger partial charge on any atom is -0.394 e. The van der Waals surface area contributed by atoms with Crippen molar-refractivity contribution >= 4 is 46.7 Å². The van der Waals surface area contributed by atoms with Crippen LogP contribution in [0.15, 0.2) is 58.3 Å². The summed E-state index contributed by atoms with van der Waals surface area (Å²) >= 11 is 2.14. The Hall–Kier alpha value is -2.72. The van der Waals surface area contributed by atoms with E-state index in [9.17, 15) is 81.1 Å². The summed E-state index contributed by atoms with van der Waals surface area (Å²) in [6, 6.07) is 13.6. The molecule has 0 saturated carbocycles. The van der Waals surface area contributed by atoms with Crippen LogP contribution in [0.5, 0.6) is 0 Å². The Bertz CT molecular complexity index is 1890. The van der Waals surface area contributed by atoms with Crippen molar-refractivity contribution in [1.82, 2.24) is 0 Å². The molecule has 4 saturated heterocycles. The molecule has 0 bridgehead atoms. The molecule has 26 heteroatoms. The zero-order valence-corrected chi connectivity index (χ0v) is 43.5. The second-order valence-corrected chi connectivity index (χ2v) is 21.8. The molecule has 2 aromatic rings. The predicted molar refractivity (Wildman–Crippen MR) is 270 cm³/mol. The first kappa shape index (κ1) is 62.5. The highest BCUT2D eigenvalue weighted by Crippen LogP contribution is 2.38. The third-order valence-corrected chi connectivity index (χ3v) is 16.1. The molecule has 0 spiro atoms. The molecule has 4 fully saturated rings.